The highest BCUT2D eigenvalue weighted by Gasteiger charge is 2.35. The van der Waals surface area contributed by atoms with E-state index in [2.05, 4.69) is 15.5 Å². The van der Waals surface area contributed by atoms with Crippen LogP contribution in [0.3, 0.4) is 0 Å². The van der Waals surface area contributed by atoms with Crippen molar-refractivity contribution in [2.45, 2.75) is 38.0 Å². The first-order valence-corrected chi connectivity index (χ1v) is 10.4. The number of aryl methyl sites for hydroxylation is 2. The third kappa shape index (κ3) is 4.36. The van der Waals surface area contributed by atoms with Gasteiger partial charge in [0.05, 0.1) is 0 Å². The van der Waals surface area contributed by atoms with Gasteiger partial charge in [0.2, 0.25) is 15.9 Å². The molecule has 1 aliphatic heterocycles. The first-order valence-electron chi connectivity index (χ1n) is 8.99. The molecule has 0 aliphatic carbocycles. The van der Waals surface area contributed by atoms with Gasteiger partial charge in [0.1, 0.15) is 10.6 Å². The zero-order valence-electron chi connectivity index (χ0n) is 15.5. The van der Waals surface area contributed by atoms with E-state index in [0.29, 0.717) is 43.9 Å². The molecule has 0 radical (unpaired) electrons. The summed E-state index contributed by atoms with van der Waals surface area (Å²) in [5, 5.41) is 6.68. The number of sulfonamides is 1. The van der Waals surface area contributed by atoms with E-state index in [1.165, 1.54) is 4.31 Å². The number of hydrogen-bond donors (Lipinski definition) is 1. The quantitative estimate of drug-likeness (QED) is 0.798. The summed E-state index contributed by atoms with van der Waals surface area (Å²) >= 11 is 0. The summed E-state index contributed by atoms with van der Waals surface area (Å²) in [7, 11) is -3.64. The van der Waals surface area contributed by atoms with Gasteiger partial charge in [-0.25, -0.2) is 8.42 Å². The van der Waals surface area contributed by atoms with Gasteiger partial charge in [0, 0.05) is 37.9 Å². The number of pyridine rings is 1. The van der Waals surface area contributed by atoms with Crippen LogP contribution < -0.4 is 5.32 Å². The van der Waals surface area contributed by atoms with Gasteiger partial charge >= 0.3 is 0 Å². The Labute approximate surface area is 159 Å². The molecule has 9 heteroatoms. The van der Waals surface area contributed by atoms with E-state index >= 15 is 0 Å². The number of hydrogen-bond acceptors (Lipinski definition) is 6. The van der Waals surface area contributed by atoms with Gasteiger partial charge in [-0.3, -0.25) is 9.78 Å². The summed E-state index contributed by atoms with van der Waals surface area (Å²) in [6.07, 6.45) is 5.21. The molecule has 1 fully saturated rings. The van der Waals surface area contributed by atoms with E-state index in [1.807, 2.05) is 12.1 Å². The van der Waals surface area contributed by atoms with Crippen molar-refractivity contribution in [2.24, 2.45) is 5.92 Å². The third-order valence-electron chi connectivity index (χ3n) is 4.85. The summed E-state index contributed by atoms with van der Waals surface area (Å²) < 4.78 is 32.0. The Bertz CT molecular complexity index is 868. The molecule has 1 saturated heterocycles. The Balaban J connectivity index is 1.52. The average Bonchev–Trinajstić information content (AvgIpc) is 3.01. The Kier molecular flexibility index (Phi) is 5.91. The first kappa shape index (κ1) is 19.5. The number of carbonyl (C=O) groups excluding carboxylic acids is 1. The molecule has 0 saturated carbocycles. The number of rotatable bonds is 6. The molecule has 3 rings (SSSR count). The zero-order chi connectivity index (χ0) is 19.4. The smallest absolute Gasteiger partial charge is 0.248 e. The maximum atomic E-state index is 12.8. The summed E-state index contributed by atoms with van der Waals surface area (Å²) in [5.74, 6) is 0.112. The monoisotopic (exact) mass is 392 g/mol. The maximum Gasteiger partial charge on any atom is 0.248 e. The largest absolute Gasteiger partial charge is 0.360 e. The van der Waals surface area contributed by atoms with Crippen LogP contribution in [0.15, 0.2) is 33.9 Å². The maximum absolute atomic E-state index is 12.8. The van der Waals surface area contributed by atoms with Crippen LogP contribution in [-0.4, -0.2) is 48.4 Å². The van der Waals surface area contributed by atoms with Crippen LogP contribution in [0, 0.1) is 19.8 Å². The van der Waals surface area contributed by atoms with Crippen molar-refractivity contribution in [1.82, 2.24) is 19.8 Å². The Morgan fingerprint density at radius 3 is 2.52 bits per heavy atom. The lowest BCUT2D eigenvalue weighted by Gasteiger charge is -2.30. The lowest BCUT2D eigenvalue weighted by atomic mass is 9.97. The van der Waals surface area contributed by atoms with Gasteiger partial charge in [-0.05, 0) is 50.8 Å². The molecule has 0 bridgehead atoms. The molecule has 8 nitrogen and oxygen atoms in total. The summed E-state index contributed by atoms with van der Waals surface area (Å²) in [6.45, 7) is 4.40. The van der Waals surface area contributed by atoms with Crippen LogP contribution in [0.1, 0.15) is 29.9 Å². The van der Waals surface area contributed by atoms with E-state index in [-0.39, 0.29) is 16.7 Å². The fraction of sp³-hybridized carbons (Fsp3) is 0.500. The highest BCUT2D eigenvalue weighted by molar-refractivity contribution is 7.89. The third-order valence-corrected chi connectivity index (χ3v) is 7.00. The standard InChI is InChI=1S/C18H24N4O4S/c1-13-17(14(2)26-21-13)27(24,25)22-11-6-16(7-12-22)18(23)20-10-5-15-3-8-19-9-4-15/h3-4,8-9,16H,5-7,10-12H2,1-2H3,(H,20,23). The SMILES string of the molecule is Cc1noc(C)c1S(=O)(=O)N1CCC(C(=O)NCCc2ccncc2)CC1. The number of nitrogens with one attached hydrogen (secondary N) is 1. The molecule has 0 unspecified atom stereocenters. The van der Waals surface area contributed by atoms with E-state index in [4.69, 9.17) is 4.52 Å². The molecule has 0 atom stereocenters. The normalized spacial score (nSPS) is 16.4. The van der Waals surface area contributed by atoms with Crippen molar-refractivity contribution in [1.29, 1.82) is 0 Å². The fourth-order valence-electron chi connectivity index (χ4n) is 3.35. The van der Waals surface area contributed by atoms with E-state index in [0.717, 1.165) is 12.0 Å². The van der Waals surface area contributed by atoms with Gasteiger partial charge in [0.25, 0.3) is 0 Å². The molecule has 3 heterocycles. The van der Waals surface area contributed by atoms with E-state index in [9.17, 15) is 13.2 Å². The summed E-state index contributed by atoms with van der Waals surface area (Å²) in [6, 6.07) is 3.84. The topological polar surface area (TPSA) is 105 Å². The molecule has 1 amide bonds. The van der Waals surface area contributed by atoms with E-state index in [1.54, 1.807) is 26.2 Å². The van der Waals surface area contributed by atoms with Gasteiger partial charge < -0.3 is 9.84 Å². The molecular formula is C18H24N4O4S. The Morgan fingerprint density at radius 1 is 1.26 bits per heavy atom. The average molecular weight is 392 g/mol. The first-order chi connectivity index (χ1) is 12.9. The minimum atomic E-state index is -3.64. The number of nitrogens with zero attached hydrogens (tertiary/aromatic N) is 3. The zero-order valence-corrected chi connectivity index (χ0v) is 16.3. The minimum Gasteiger partial charge on any atom is -0.360 e. The molecular weight excluding hydrogens is 368 g/mol. The van der Waals surface area contributed by atoms with Crippen LogP contribution in [-0.2, 0) is 21.2 Å². The molecule has 1 aliphatic rings. The predicted octanol–water partition coefficient (Wildman–Crippen LogP) is 1.45. The molecule has 2 aromatic rings. The second-order valence-electron chi connectivity index (χ2n) is 6.73. The van der Waals surface area contributed by atoms with Crippen molar-refractivity contribution in [3.05, 3.63) is 41.5 Å². The van der Waals surface area contributed by atoms with Gasteiger partial charge in [-0.2, -0.15) is 4.31 Å². The van der Waals surface area contributed by atoms with Gasteiger partial charge in [0.15, 0.2) is 5.76 Å². The Morgan fingerprint density at radius 2 is 1.93 bits per heavy atom. The molecule has 146 valence electrons. The molecule has 27 heavy (non-hydrogen) atoms. The van der Waals surface area contributed by atoms with Crippen LogP contribution in [0.4, 0.5) is 0 Å². The number of amides is 1. The van der Waals surface area contributed by atoms with Crippen LogP contribution >= 0.6 is 0 Å². The molecule has 0 spiro atoms. The predicted molar refractivity (Wildman–Crippen MR) is 98.4 cm³/mol. The van der Waals surface area contributed by atoms with Crippen LogP contribution in [0.2, 0.25) is 0 Å². The van der Waals surface area contributed by atoms with Crippen LogP contribution in [0.5, 0.6) is 0 Å². The van der Waals surface area contributed by atoms with E-state index < -0.39 is 10.0 Å². The van der Waals surface area contributed by atoms with Crippen molar-refractivity contribution in [3.63, 3.8) is 0 Å². The van der Waals surface area contributed by atoms with Gasteiger partial charge in [-0.15, -0.1) is 0 Å². The highest BCUT2D eigenvalue weighted by atomic mass is 32.2. The second kappa shape index (κ2) is 8.18. The van der Waals surface area contributed by atoms with Gasteiger partial charge in [-0.1, -0.05) is 5.16 Å². The summed E-state index contributed by atoms with van der Waals surface area (Å²) in [4.78, 5) is 16.5. The van der Waals surface area contributed by atoms with Crippen molar-refractivity contribution < 1.29 is 17.7 Å². The molecule has 0 aromatic carbocycles. The minimum absolute atomic E-state index is 0.0153. The number of aromatic nitrogens is 2. The lowest BCUT2D eigenvalue weighted by Crippen LogP contribution is -2.43. The number of carbonyl (C=O) groups is 1. The van der Waals surface area contributed by atoms with Crippen molar-refractivity contribution in [3.8, 4) is 0 Å². The van der Waals surface area contributed by atoms with Crippen molar-refractivity contribution in [2.75, 3.05) is 19.6 Å². The molecule has 2 aromatic heterocycles. The Hall–Kier alpha value is -2.26. The fourth-order valence-corrected chi connectivity index (χ4v) is 5.12. The highest BCUT2D eigenvalue weighted by Crippen LogP contribution is 2.27. The second-order valence-corrected chi connectivity index (χ2v) is 8.60. The summed E-state index contributed by atoms with van der Waals surface area (Å²) in [5.41, 5.74) is 1.48. The number of piperidine rings is 1. The molecule has 1 N–H and O–H groups in total. The van der Waals surface area contributed by atoms with Crippen LogP contribution in [0.25, 0.3) is 0 Å². The van der Waals surface area contributed by atoms with Crippen molar-refractivity contribution >= 4 is 15.9 Å². The lowest BCUT2D eigenvalue weighted by molar-refractivity contribution is -0.126.